The third-order valence-electron chi connectivity index (χ3n) is 3.07. The number of carbonyl (C=O) groups is 1. The number of primary amides is 1. The highest BCUT2D eigenvalue weighted by molar-refractivity contribution is 6.31. The number of carbonyl (C=O) groups excluding carboxylic acids is 1. The van der Waals surface area contributed by atoms with Crippen molar-refractivity contribution in [1.82, 2.24) is 4.90 Å². The summed E-state index contributed by atoms with van der Waals surface area (Å²) in [5.74, 6) is -0.518. The minimum absolute atomic E-state index is 0.366. The molecular formula is C12H15ClN2O3. The van der Waals surface area contributed by atoms with Gasteiger partial charge in [0, 0.05) is 30.2 Å². The van der Waals surface area contributed by atoms with Gasteiger partial charge in [-0.15, -0.1) is 0 Å². The molecule has 1 aromatic rings. The molecule has 2 atom stereocenters. The highest BCUT2D eigenvalue weighted by Crippen LogP contribution is 2.21. The largest absolute Gasteiger partial charge is 0.389 e. The SMILES string of the molecule is NC(=O)c1ccc(CN2CC(O)C(O)C2)c(Cl)c1. The van der Waals surface area contributed by atoms with E-state index in [1.807, 2.05) is 4.90 Å². The zero-order chi connectivity index (χ0) is 13.3. The van der Waals surface area contributed by atoms with Gasteiger partial charge in [-0.3, -0.25) is 9.69 Å². The van der Waals surface area contributed by atoms with E-state index >= 15 is 0 Å². The lowest BCUT2D eigenvalue weighted by Crippen LogP contribution is -2.22. The molecule has 0 spiro atoms. The van der Waals surface area contributed by atoms with Crippen LogP contribution in [0.5, 0.6) is 0 Å². The van der Waals surface area contributed by atoms with Gasteiger partial charge >= 0.3 is 0 Å². The normalized spacial score (nSPS) is 24.4. The Morgan fingerprint density at radius 1 is 1.39 bits per heavy atom. The predicted molar refractivity (Wildman–Crippen MR) is 67.3 cm³/mol. The smallest absolute Gasteiger partial charge is 0.248 e. The summed E-state index contributed by atoms with van der Waals surface area (Å²) in [5.41, 5.74) is 6.36. The van der Waals surface area contributed by atoms with Gasteiger partial charge in [0.05, 0.1) is 12.2 Å². The molecule has 1 aliphatic rings. The van der Waals surface area contributed by atoms with Crippen molar-refractivity contribution in [1.29, 1.82) is 0 Å². The number of likely N-dealkylation sites (tertiary alicyclic amines) is 1. The quantitative estimate of drug-likeness (QED) is 0.720. The Balaban J connectivity index is 2.08. The van der Waals surface area contributed by atoms with Crippen molar-refractivity contribution < 1.29 is 15.0 Å². The fourth-order valence-electron chi connectivity index (χ4n) is 2.05. The van der Waals surface area contributed by atoms with Crippen molar-refractivity contribution >= 4 is 17.5 Å². The van der Waals surface area contributed by atoms with Gasteiger partial charge in [-0.05, 0) is 17.7 Å². The van der Waals surface area contributed by atoms with Gasteiger partial charge in [-0.2, -0.15) is 0 Å². The van der Waals surface area contributed by atoms with Crippen LogP contribution >= 0.6 is 11.6 Å². The second-order valence-electron chi connectivity index (χ2n) is 4.50. The van der Waals surface area contributed by atoms with Crippen molar-refractivity contribution in [2.24, 2.45) is 5.73 Å². The summed E-state index contributed by atoms with van der Waals surface area (Å²) in [5, 5.41) is 19.4. The number of hydrogen-bond donors (Lipinski definition) is 3. The Morgan fingerprint density at radius 2 is 2.00 bits per heavy atom. The summed E-state index contributed by atoms with van der Waals surface area (Å²) in [7, 11) is 0. The molecule has 6 heteroatoms. The van der Waals surface area contributed by atoms with Crippen molar-refractivity contribution in [2.75, 3.05) is 13.1 Å². The number of halogens is 1. The number of aliphatic hydroxyl groups is 2. The third-order valence-corrected chi connectivity index (χ3v) is 3.42. The molecule has 98 valence electrons. The van der Waals surface area contributed by atoms with E-state index in [1.54, 1.807) is 12.1 Å². The Bertz CT molecular complexity index is 457. The Kier molecular flexibility index (Phi) is 3.87. The van der Waals surface area contributed by atoms with E-state index in [4.69, 9.17) is 17.3 Å². The van der Waals surface area contributed by atoms with Gasteiger partial charge in [-0.1, -0.05) is 17.7 Å². The number of β-amino-alcohol motifs (C(OH)–C–C–N with tert-alkyl or cyclic N) is 2. The van der Waals surface area contributed by atoms with Crippen molar-refractivity contribution in [2.45, 2.75) is 18.8 Å². The number of rotatable bonds is 3. The van der Waals surface area contributed by atoms with Crippen LogP contribution < -0.4 is 5.73 Å². The van der Waals surface area contributed by atoms with E-state index in [0.717, 1.165) is 5.56 Å². The Labute approximate surface area is 110 Å². The van der Waals surface area contributed by atoms with Crippen molar-refractivity contribution in [3.63, 3.8) is 0 Å². The van der Waals surface area contributed by atoms with Crippen LogP contribution in [-0.4, -0.2) is 46.3 Å². The van der Waals surface area contributed by atoms with Gasteiger partial charge in [0.1, 0.15) is 0 Å². The molecule has 0 saturated carbocycles. The topological polar surface area (TPSA) is 86.8 Å². The number of amides is 1. The van der Waals surface area contributed by atoms with E-state index in [9.17, 15) is 15.0 Å². The minimum atomic E-state index is -0.714. The van der Waals surface area contributed by atoms with Crippen LogP contribution in [0.3, 0.4) is 0 Å². The molecule has 0 aliphatic carbocycles. The number of benzene rings is 1. The van der Waals surface area contributed by atoms with Gasteiger partial charge in [0.25, 0.3) is 0 Å². The van der Waals surface area contributed by atoms with E-state index in [-0.39, 0.29) is 0 Å². The lowest BCUT2D eigenvalue weighted by atomic mass is 10.1. The molecule has 1 amide bonds. The van der Waals surface area contributed by atoms with Crippen LogP contribution in [0.15, 0.2) is 18.2 Å². The van der Waals surface area contributed by atoms with Crippen molar-refractivity contribution in [3.05, 3.63) is 34.3 Å². The number of nitrogens with two attached hydrogens (primary N) is 1. The molecule has 1 aromatic carbocycles. The van der Waals surface area contributed by atoms with E-state index in [2.05, 4.69) is 0 Å². The summed E-state index contributed by atoms with van der Waals surface area (Å²) in [6.07, 6.45) is -1.43. The predicted octanol–water partition coefficient (Wildman–Crippen LogP) is -0.0237. The molecule has 18 heavy (non-hydrogen) atoms. The molecule has 4 N–H and O–H groups in total. The first-order chi connectivity index (χ1) is 8.47. The number of hydrogen-bond acceptors (Lipinski definition) is 4. The van der Waals surface area contributed by atoms with Crippen LogP contribution in [0, 0.1) is 0 Å². The van der Waals surface area contributed by atoms with Crippen molar-refractivity contribution in [3.8, 4) is 0 Å². The second kappa shape index (κ2) is 5.24. The fraction of sp³-hybridized carbons (Fsp3) is 0.417. The molecule has 1 fully saturated rings. The molecule has 2 unspecified atom stereocenters. The first kappa shape index (κ1) is 13.3. The fourth-order valence-corrected chi connectivity index (χ4v) is 2.29. The molecule has 1 aliphatic heterocycles. The average molecular weight is 271 g/mol. The number of nitrogens with zero attached hydrogens (tertiary/aromatic N) is 1. The second-order valence-corrected chi connectivity index (χ2v) is 4.91. The molecule has 1 heterocycles. The lowest BCUT2D eigenvalue weighted by molar-refractivity contribution is 0.0572. The maximum Gasteiger partial charge on any atom is 0.248 e. The van der Waals surface area contributed by atoms with Crippen LogP contribution in [-0.2, 0) is 6.54 Å². The maximum atomic E-state index is 11.0. The summed E-state index contributed by atoms with van der Waals surface area (Å²) in [4.78, 5) is 12.9. The number of aliphatic hydroxyl groups excluding tert-OH is 2. The van der Waals surface area contributed by atoms with E-state index in [1.165, 1.54) is 6.07 Å². The monoisotopic (exact) mass is 270 g/mol. The molecule has 0 aromatic heterocycles. The molecule has 0 bridgehead atoms. The molecule has 1 saturated heterocycles. The standard InChI is InChI=1S/C12H15ClN2O3/c13-9-3-7(12(14)18)1-2-8(9)4-15-5-10(16)11(17)6-15/h1-3,10-11,16-17H,4-6H2,(H2,14,18). The van der Waals surface area contributed by atoms with Crippen LogP contribution in [0.2, 0.25) is 5.02 Å². The Morgan fingerprint density at radius 3 is 2.50 bits per heavy atom. The van der Waals surface area contributed by atoms with E-state index < -0.39 is 18.1 Å². The van der Waals surface area contributed by atoms with Gasteiger partial charge in [-0.25, -0.2) is 0 Å². The lowest BCUT2D eigenvalue weighted by Gasteiger charge is -2.15. The zero-order valence-corrected chi connectivity index (χ0v) is 10.5. The van der Waals surface area contributed by atoms with Crippen LogP contribution in [0.1, 0.15) is 15.9 Å². The summed E-state index contributed by atoms with van der Waals surface area (Å²) in [6.45, 7) is 1.34. The Hall–Kier alpha value is -1.14. The highest BCUT2D eigenvalue weighted by atomic mass is 35.5. The average Bonchev–Trinajstić information content (AvgIpc) is 2.61. The first-order valence-electron chi connectivity index (χ1n) is 5.64. The van der Waals surface area contributed by atoms with Gasteiger partial charge in [0.2, 0.25) is 5.91 Å². The maximum absolute atomic E-state index is 11.0. The molecule has 0 radical (unpaired) electrons. The third kappa shape index (κ3) is 2.81. The van der Waals surface area contributed by atoms with Gasteiger partial charge in [0.15, 0.2) is 0 Å². The molecule has 2 rings (SSSR count). The highest BCUT2D eigenvalue weighted by Gasteiger charge is 2.29. The first-order valence-corrected chi connectivity index (χ1v) is 6.02. The summed E-state index contributed by atoms with van der Waals surface area (Å²) >= 11 is 6.07. The molecule has 5 nitrogen and oxygen atoms in total. The summed E-state index contributed by atoms with van der Waals surface area (Å²) < 4.78 is 0. The summed E-state index contributed by atoms with van der Waals surface area (Å²) in [6, 6.07) is 4.88. The van der Waals surface area contributed by atoms with Crippen LogP contribution in [0.4, 0.5) is 0 Å². The minimum Gasteiger partial charge on any atom is -0.389 e. The van der Waals surface area contributed by atoms with E-state index in [0.29, 0.717) is 30.2 Å². The van der Waals surface area contributed by atoms with Gasteiger partial charge < -0.3 is 15.9 Å². The molecular weight excluding hydrogens is 256 g/mol. The zero-order valence-electron chi connectivity index (χ0n) is 9.71. The van der Waals surface area contributed by atoms with Crippen LogP contribution in [0.25, 0.3) is 0 Å².